The number of benzene rings is 2. The van der Waals surface area contributed by atoms with Crippen molar-refractivity contribution in [3.05, 3.63) is 76.9 Å². The molecule has 2 aromatic rings. The lowest BCUT2D eigenvalue weighted by Gasteiger charge is -2.33. The van der Waals surface area contributed by atoms with Gasteiger partial charge >= 0.3 is 0 Å². The van der Waals surface area contributed by atoms with Crippen molar-refractivity contribution in [2.75, 3.05) is 27.2 Å². The normalized spacial score (nSPS) is 22.0. The summed E-state index contributed by atoms with van der Waals surface area (Å²) in [6.07, 6.45) is 2.33. The predicted molar refractivity (Wildman–Crippen MR) is 124 cm³/mol. The van der Waals surface area contributed by atoms with Crippen molar-refractivity contribution in [1.82, 2.24) is 9.80 Å². The highest BCUT2D eigenvalue weighted by Crippen LogP contribution is 2.39. The first-order valence-corrected chi connectivity index (χ1v) is 10.8. The van der Waals surface area contributed by atoms with Crippen LogP contribution in [0, 0.1) is 0 Å². The van der Waals surface area contributed by atoms with E-state index in [1.807, 2.05) is 62.3 Å². The summed E-state index contributed by atoms with van der Waals surface area (Å²) in [6, 6.07) is 15.9. The van der Waals surface area contributed by atoms with Gasteiger partial charge in [-0.1, -0.05) is 48.5 Å². The molecule has 0 aromatic heterocycles. The molecule has 2 heterocycles. The number of nitrogens with zero attached hydrogens (tertiary/aromatic N) is 2. The quantitative estimate of drug-likeness (QED) is 0.430. The van der Waals surface area contributed by atoms with Crippen molar-refractivity contribution < 1.29 is 19.4 Å². The van der Waals surface area contributed by atoms with E-state index >= 15 is 0 Å². The minimum Gasteiger partial charge on any atom is -0.507 e. The molecule has 0 spiro atoms. The van der Waals surface area contributed by atoms with Gasteiger partial charge in [-0.05, 0) is 51.7 Å². The lowest BCUT2D eigenvalue weighted by Crippen LogP contribution is -2.41. The van der Waals surface area contributed by atoms with Crippen molar-refractivity contribution in [2.24, 2.45) is 0 Å². The maximum Gasteiger partial charge on any atom is 0.295 e. The van der Waals surface area contributed by atoms with Crippen LogP contribution in [0.2, 0.25) is 0 Å². The monoisotopic (exact) mass is 432 g/mol. The number of aliphatic hydroxyl groups is 1. The summed E-state index contributed by atoms with van der Waals surface area (Å²) in [4.78, 5) is 29.8. The molecular formula is C26H28N2O4. The highest BCUT2D eigenvalue weighted by molar-refractivity contribution is 6.47. The van der Waals surface area contributed by atoms with E-state index in [1.165, 1.54) is 0 Å². The first-order chi connectivity index (χ1) is 15.4. The second-order valence-electron chi connectivity index (χ2n) is 8.46. The van der Waals surface area contributed by atoms with Gasteiger partial charge in [0.05, 0.1) is 11.6 Å². The van der Waals surface area contributed by atoms with Crippen LogP contribution >= 0.6 is 0 Å². The number of hydrogen-bond donors (Lipinski definition) is 1. The fourth-order valence-corrected chi connectivity index (χ4v) is 4.33. The van der Waals surface area contributed by atoms with Crippen LogP contribution in [0.15, 0.2) is 65.7 Å². The summed E-state index contributed by atoms with van der Waals surface area (Å²) in [5.74, 6) is -0.640. The number of carbonyl (C=O) groups is 2. The highest BCUT2D eigenvalue weighted by atomic mass is 16.5. The van der Waals surface area contributed by atoms with E-state index in [1.54, 1.807) is 29.2 Å². The molecule has 1 N–H and O–H groups in total. The zero-order valence-electron chi connectivity index (χ0n) is 18.6. The minimum atomic E-state index is -0.680. The van der Waals surface area contributed by atoms with Crippen LogP contribution in [0.3, 0.4) is 0 Å². The molecule has 4 rings (SSSR count). The third-order valence-electron chi connectivity index (χ3n) is 5.92. The summed E-state index contributed by atoms with van der Waals surface area (Å²) in [5, 5.41) is 11.1. The van der Waals surface area contributed by atoms with Gasteiger partial charge in [0.2, 0.25) is 0 Å². The lowest BCUT2D eigenvalue weighted by atomic mass is 9.89. The summed E-state index contributed by atoms with van der Waals surface area (Å²) in [7, 11) is 3.94. The predicted octanol–water partition coefficient (Wildman–Crippen LogP) is 3.55. The summed E-state index contributed by atoms with van der Waals surface area (Å²) in [5.41, 5.74) is 2.30. The lowest BCUT2D eigenvalue weighted by molar-refractivity contribution is -0.139. The average Bonchev–Trinajstić information content (AvgIpc) is 3.03. The third kappa shape index (κ3) is 4.06. The molecule has 32 heavy (non-hydrogen) atoms. The summed E-state index contributed by atoms with van der Waals surface area (Å²) >= 11 is 0. The molecule has 1 fully saturated rings. The van der Waals surface area contributed by atoms with Crippen molar-refractivity contribution in [3.63, 3.8) is 0 Å². The molecule has 2 aromatic carbocycles. The number of hydrogen-bond acceptors (Lipinski definition) is 5. The molecule has 1 saturated heterocycles. The number of para-hydroxylation sites is 1. The summed E-state index contributed by atoms with van der Waals surface area (Å²) < 4.78 is 6.12. The Balaban J connectivity index is 1.83. The largest absolute Gasteiger partial charge is 0.507 e. The smallest absolute Gasteiger partial charge is 0.295 e. The van der Waals surface area contributed by atoms with Gasteiger partial charge in [-0.3, -0.25) is 9.59 Å². The molecular weight excluding hydrogens is 404 g/mol. The van der Waals surface area contributed by atoms with Gasteiger partial charge in [-0.15, -0.1) is 0 Å². The zero-order valence-corrected chi connectivity index (χ0v) is 18.6. The van der Waals surface area contributed by atoms with E-state index in [0.717, 1.165) is 23.4 Å². The van der Waals surface area contributed by atoms with Crippen molar-refractivity contribution in [1.29, 1.82) is 0 Å². The fourth-order valence-electron chi connectivity index (χ4n) is 4.33. The molecule has 1 amide bonds. The Hall–Kier alpha value is -3.38. The van der Waals surface area contributed by atoms with E-state index in [9.17, 15) is 14.7 Å². The van der Waals surface area contributed by atoms with E-state index in [-0.39, 0.29) is 17.4 Å². The first-order valence-electron chi connectivity index (χ1n) is 10.8. The number of likely N-dealkylation sites (tertiary alicyclic amines) is 1. The van der Waals surface area contributed by atoms with Crippen LogP contribution in [0.1, 0.15) is 24.5 Å². The molecule has 166 valence electrons. The van der Waals surface area contributed by atoms with Gasteiger partial charge in [0.25, 0.3) is 11.7 Å². The van der Waals surface area contributed by atoms with Crippen LogP contribution in [0.4, 0.5) is 0 Å². The zero-order chi connectivity index (χ0) is 22.8. The standard InChI is InChI=1S/C26H28N2O4/c1-17-20(16-19-12-7-8-13-21(19)32-17)23-22(24(29)18-10-5-4-6-11-18)25(30)26(31)28(23)15-9-14-27(2)3/h4-8,10-13,16-17,23,29H,9,14-15H2,1-3H3/t17-,23-/m1/s1. The Morgan fingerprint density at radius 3 is 2.47 bits per heavy atom. The molecule has 6 nitrogen and oxygen atoms in total. The molecule has 0 aliphatic carbocycles. The fraction of sp³-hybridized carbons (Fsp3) is 0.308. The molecule has 0 unspecified atom stereocenters. The second-order valence-corrected chi connectivity index (χ2v) is 8.46. The maximum absolute atomic E-state index is 13.1. The first kappa shape index (κ1) is 21.8. The Kier molecular flexibility index (Phi) is 6.15. The van der Waals surface area contributed by atoms with Crippen LogP contribution in [0.25, 0.3) is 11.8 Å². The van der Waals surface area contributed by atoms with E-state index in [2.05, 4.69) is 0 Å². The summed E-state index contributed by atoms with van der Waals surface area (Å²) in [6.45, 7) is 3.09. The van der Waals surface area contributed by atoms with Gasteiger partial charge in [-0.2, -0.15) is 0 Å². The van der Waals surface area contributed by atoms with Crippen LogP contribution in [-0.2, 0) is 9.59 Å². The van der Waals surface area contributed by atoms with Crippen LogP contribution in [-0.4, -0.2) is 65.9 Å². The third-order valence-corrected chi connectivity index (χ3v) is 5.92. The van der Waals surface area contributed by atoms with Crippen LogP contribution in [0.5, 0.6) is 5.75 Å². The number of Topliss-reactive ketones (excluding diaryl/α,β-unsaturated/α-hetero) is 1. The Morgan fingerprint density at radius 2 is 1.75 bits per heavy atom. The molecule has 0 radical (unpaired) electrons. The number of aliphatic hydroxyl groups excluding tert-OH is 1. The van der Waals surface area contributed by atoms with Gasteiger partial charge in [0.15, 0.2) is 0 Å². The Bertz CT molecular complexity index is 1090. The maximum atomic E-state index is 13.1. The molecule has 2 aliphatic heterocycles. The van der Waals surface area contributed by atoms with Crippen molar-refractivity contribution in [3.8, 4) is 5.75 Å². The van der Waals surface area contributed by atoms with Crippen LogP contribution < -0.4 is 4.74 Å². The van der Waals surface area contributed by atoms with Gasteiger partial charge in [-0.25, -0.2) is 0 Å². The molecule has 0 saturated carbocycles. The number of amides is 1. The molecule has 6 heteroatoms. The van der Waals surface area contributed by atoms with E-state index in [0.29, 0.717) is 18.5 Å². The number of fused-ring (bicyclic) bond motifs is 1. The molecule has 2 atom stereocenters. The minimum absolute atomic E-state index is 0.118. The molecule has 2 aliphatic rings. The molecule has 0 bridgehead atoms. The number of carbonyl (C=O) groups excluding carboxylic acids is 2. The van der Waals surface area contributed by atoms with Gasteiger partial charge in [0.1, 0.15) is 17.6 Å². The van der Waals surface area contributed by atoms with E-state index in [4.69, 9.17) is 4.74 Å². The van der Waals surface area contributed by atoms with Gasteiger partial charge in [0, 0.05) is 17.7 Å². The van der Waals surface area contributed by atoms with Gasteiger partial charge < -0.3 is 19.6 Å². The number of ether oxygens (including phenoxy) is 1. The van der Waals surface area contributed by atoms with Crippen molar-refractivity contribution >= 4 is 23.5 Å². The van der Waals surface area contributed by atoms with E-state index < -0.39 is 17.7 Å². The Morgan fingerprint density at radius 1 is 1.06 bits per heavy atom. The van der Waals surface area contributed by atoms with Crippen molar-refractivity contribution in [2.45, 2.75) is 25.5 Å². The Labute approximate surface area is 188 Å². The SMILES string of the molecule is C[C@H]1Oc2ccccc2C=C1[C@@H]1C(=C(O)c2ccccc2)C(=O)C(=O)N1CCCN(C)C. The average molecular weight is 433 g/mol. The topological polar surface area (TPSA) is 70.1 Å². The highest BCUT2D eigenvalue weighted by Gasteiger charge is 2.48. The number of ketones is 1. The second kappa shape index (κ2) is 9.01. The number of rotatable bonds is 6.